The van der Waals surface area contributed by atoms with E-state index in [0.29, 0.717) is 18.2 Å². The van der Waals surface area contributed by atoms with Crippen molar-refractivity contribution in [2.24, 2.45) is 7.05 Å². The van der Waals surface area contributed by atoms with Gasteiger partial charge in [0.15, 0.2) is 0 Å². The summed E-state index contributed by atoms with van der Waals surface area (Å²) in [7, 11) is 5.52. The van der Waals surface area contributed by atoms with Gasteiger partial charge in [0, 0.05) is 13.6 Å². The van der Waals surface area contributed by atoms with Crippen molar-refractivity contribution in [2.45, 2.75) is 6.92 Å². The van der Waals surface area contributed by atoms with Gasteiger partial charge in [-0.25, -0.2) is 9.48 Å². The normalized spacial score (nSPS) is 10.8. The highest BCUT2D eigenvalue weighted by atomic mass is 16.5. The number of carboxylic acid groups (broad SMARTS) is 1. The molecule has 6 nitrogen and oxygen atoms in total. The zero-order chi connectivity index (χ0) is 12.3. The maximum Gasteiger partial charge on any atom is 0.343 e. The third-order valence-corrected chi connectivity index (χ3v) is 2.16. The predicted octanol–water partition coefficient (Wildman–Crippen LogP) is 0.367. The maximum absolute atomic E-state index is 11.0. The number of hydrogen-bond acceptors (Lipinski definition) is 4. The minimum atomic E-state index is -1.01. The van der Waals surface area contributed by atoms with Gasteiger partial charge in [0.1, 0.15) is 12.2 Å². The second-order valence-electron chi connectivity index (χ2n) is 3.85. The van der Waals surface area contributed by atoms with E-state index in [-0.39, 0.29) is 5.56 Å². The van der Waals surface area contributed by atoms with Crippen molar-refractivity contribution in [3.05, 3.63) is 11.3 Å². The van der Waals surface area contributed by atoms with E-state index in [4.69, 9.17) is 9.84 Å². The Morgan fingerprint density at radius 1 is 1.56 bits per heavy atom. The van der Waals surface area contributed by atoms with Gasteiger partial charge in [0.25, 0.3) is 0 Å². The summed E-state index contributed by atoms with van der Waals surface area (Å²) in [5.41, 5.74) is 0.608. The third kappa shape index (κ3) is 2.73. The molecule has 1 N–H and O–H groups in total. The monoisotopic (exact) mass is 227 g/mol. The van der Waals surface area contributed by atoms with Crippen molar-refractivity contribution in [3.63, 3.8) is 0 Å². The van der Waals surface area contributed by atoms with E-state index in [1.807, 2.05) is 19.0 Å². The molecule has 0 aliphatic rings. The van der Waals surface area contributed by atoms with Crippen LogP contribution in [-0.4, -0.2) is 53.0 Å². The number of aromatic nitrogens is 2. The van der Waals surface area contributed by atoms with Crippen molar-refractivity contribution in [1.29, 1.82) is 0 Å². The first kappa shape index (κ1) is 12.5. The lowest BCUT2D eigenvalue weighted by Crippen LogP contribution is -2.20. The Morgan fingerprint density at radius 3 is 2.69 bits per heavy atom. The second-order valence-corrected chi connectivity index (χ2v) is 3.85. The molecule has 1 rings (SSSR count). The molecule has 6 heteroatoms. The zero-order valence-corrected chi connectivity index (χ0v) is 10.0. The fourth-order valence-electron chi connectivity index (χ4n) is 1.37. The number of carbonyl (C=O) groups is 1. The van der Waals surface area contributed by atoms with Gasteiger partial charge in [-0.05, 0) is 21.0 Å². The van der Waals surface area contributed by atoms with E-state index in [2.05, 4.69) is 5.10 Å². The Bertz CT molecular complexity index is 385. The highest BCUT2D eigenvalue weighted by molar-refractivity contribution is 5.91. The van der Waals surface area contributed by atoms with Crippen molar-refractivity contribution in [3.8, 4) is 5.88 Å². The molecule has 0 aliphatic heterocycles. The van der Waals surface area contributed by atoms with Crippen LogP contribution in [0, 0.1) is 6.92 Å². The molecule has 0 unspecified atom stereocenters. The molecule has 16 heavy (non-hydrogen) atoms. The highest BCUT2D eigenvalue weighted by Crippen LogP contribution is 2.20. The molecule has 0 spiro atoms. The molecule has 0 fully saturated rings. The molecule has 1 aromatic rings. The Balaban J connectivity index is 2.82. The van der Waals surface area contributed by atoms with Crippen LogP contribution in [0.1, 0.15) is 16.1 Å². The molecule has 0 aromatic carbocycles. The summed E-state index contributed by atoms with van der Waals surface area (Å²) in [6, 6.07) is 0. The highest BCUT2D eigenvalue weighted by Gasteiger charge is 2.20. The lowest BCUT2D eigenvalue weighted by Gasteiger charge is -2.11. The molecule has 0 aliphatic carbocycles. The van der Waals surface area contributed by atoms with Crippen LogP contribution >= 0.6 is 0 Å². The third-order valence-electron chi connectivity index (χ3n) is 2.16. The fourth-order valence-corrected chi connectivity index (χ4v) is 1.37. The molecule has 0 radical (unpaired) electrons. The van der Waals surface area contributed by atoms with Gasteiger partial charge in [0.05, 0.1) is 5.69 Å². The van der Waals surface area contributed by atoms with Crippen LogP contribution in [0.4, 0.5) is 0 Å². The van der Waals surface area contributed by atoms with Crippen molar-refractivity contribution in [2.75, 3.05) is 27.2 Å². The lowest BCUT2D eigenvalue weighted by atomic mass is 10.2. The van der Waals surface area contributed by atoms with E-state index in [1.165, 1.54) is 4.68 Å². The van der Waals surface area contributed by atoms with Crippen LogP contribution in [0.25, 0.3) is 0 Å². The Morgan fingerprint density at radius 2 is 2.19 bits per heavy atom. The number of hydrogen-bond donors (Lipinski definition) is 1. The first-order valence-electron chi connectivity index (χ1n) is 4.98. The number of ether oxygens (including phenoxy) is 1. The van der Waals surface area contributed by atoms with Gasteiger partial charge in [0.2, 0.25) is 5.88 Å². The maximum atomic E-state index is 11.0. The van der Waals surface area contributed by atoms with Crippen LogP contribution in [0.2, 0.25) is 0 Å². The van der Waals surface area contributed by atoms with Crippen LogP contribution in [0.15, 0.2) is 0 Å². The number of likely N-dealkylation sites (N-methyl/N-ethyl adjacent to an activating group) is 1. The summed E-state index contributed by atoms with van der Waals surface area (Å²) in [5.74, 6) is -0.697. The van der Waals surface area contributed by atoms with Gasteiger partial charge < -0.3 is 14.7 Å². The molecule has 0 saturated heterocycles. The quantitative estimate of drug-likeness (QED) is 0.787. The summed E-state index contributed by atoms with van der Waals surface area (Å²) in [4.78, 5) is 13.0. The van der Waals surface area contributed by atoms with Crippen LogP contribution < -0.4 is 4.74 Å². The summed E-state index contributed by atoms with van der Waals surface area (Å²) in [5, 5.41) is 13.1. The van der Waals surface area contributed by atoms with E-state index in [9.17, 15) is 4.79 Å². The van der Waals surface area contributed by atoms with Crippen LogP contribution in [-0.2, 0) is 7.05 Å². The Labute approximate surface area is 94.4 Å². The topological polar surface area (TPSA) is 67.6 Å². The van der Waals surface area contributed by atoms with Crippen molar-refractivity contribution in [1.82, 2.24) is 14.7 Å². The molecule has 1 aromatic heterocycles. The zero-order valence-electron chi connectivity index (χ0n) is 10.0. The summed E-state index contributed by atoms with van der Waals surface area (Å²) in [6.45, 7) is 2.82. The van der Waals surface area contributed by atoms with Gasteiger partial charge in [-0.15, -0.1) is 0 Å². The molecule has 90 valence electrons. The smallest absolute Gasteiger partial charge is 0.343 e. The summed E-state index contributed by atoms with van der Waals surface area (Å²) < 4.78 is 6.89. The first-order valence-corrected chi connectivity index (χ1v) is 4.98. The molecular formula is C10H17N3O3. The fraction of sp³-hybridized carbons (Fsp3) is 0.600. The summed E-state index contributed by atoms with van der Waals surface area (Å²) in [6.07, 6.45) is 0. The van der Waals surface area contributed by atoms with Gasteiger partial charge in [-0.2, -0.15) is 5.10 Å². The standard InChI is InChI=1S/C10H17N3O3/c1-7-8(10(14)15)9(13(4)11-7)16-6-5-12(2)3/h5-6H2,1-4H3,(H,14,15). The SMILES string of the molecule is Cc1nn(C)c(OCCN(C)C)c1C(=O)O. The minimum absolute atomic E-state index is 0.140. The molecule has 0 amide bonds. The Hall–Kier alpha value is -1.56. The predicted molar refractivity (Wildman–Crippen MR) is 59.0 cm³/mol. The van der Waals surface area contributed by atoms with Crippen molar-refractivity contribution >= 4 is 5.97 Å². The molecule has 0 saturated carbocycles. The van der Waals surface area contributed by atoms with Crippen molar-refractivity contribution < 1.29 is 14.6 Å². The van der Waals surface area contributed by atoms with E-state index in [1.54, 1.807) is 14.0 Å². The lowest BCUT2D eigenvalue weighted by molar-refractivity contribution is 0.0690. The molecule has 0 atom stereocenters. The summed E-state index contributed by atoms with van der Waals surface area (Å²) >= 11 is 0. The number of rotatable bonds is 5. The van der Waals surface area contributed by atoms with Crippen LogP contribution in [0.5, 0.6) is 5.88 Å². The van der Waals surface area contributed by atoms with Gasteiger partial charge in [-0.1, -0.05) is 0 Å². The minimum Gasteiger partial charge on any atom is -0.477 e. The van der Waals surface area contributed by atoms with E-state index in [0.717, 1.165) is 6.54 Å². The molecular weight excluding hydrogens is 210 g/mol. The second kappa shape index (κ2) is 4.98. The number of aryl methyl sites for hydroxylation is 2. The average molecular weight is 227 g/mol. The largest absolute Gasteiger partial charge is 0.477 e. The number of aromatic carboxylic acids is 1. The average Bonchev–Trinajstić information content (AvgIpc) is 2.40. The first-order chi connectivity index (χ1) is 7.43. The van der Waals surface area contributed by atoms with Gasteiger partial charge in [-0.3, -0.25) is 0 Å². The van der Waals surface area contributed by atoms with Gasteiger partial charge >= 0.3 is 5.97 Å². The molecule has 0 bridgehead atoms. The molecule has 1 heterocycles. The number of carboxylic acids is 1. The number of nitrogens with zero attached hydrogens (tertiary/aromatic N) is 3. The Kier molecular flexibility index (Phi) is 3.89. The van der Waals surface area contributed by atoms with Crippen LogP contribution in [0.3, 0.4) is 0 Å². The van der Waals surface area contributed by atoms with E-state index < -0.39 is 5.97 Å². The van der Waals surface area contributed by atoms with E-state index >= 15 is 0 Å².